The third kappa shape index (κ3) is 5.48. The van der Waals surface area contributed by atoms with Gasteiger partial charge in [0, 0.05) is 0 Å². The molecule has 0 fully saturated rings. The van der Waals surface area contributed by atoms with Gasteiger partial charge in [0.2, 0.25) is 15.9 Å². The van der Waals surface area contributed by atoms with E-state index in [0.29, 0.717) is 12.3 Å². The van der Waals surface area contributed by atoms with Crippen molar-refractivity contribution < 1.29 is 17.9 Å². The van der Waals surface area contributed by atoms with Crippen LogP contribution < -0.4 is 14.4 Å². The van der Waals surface area contributed by atoms with Gasteiger partial charge in [-0.2, -0.15) is 0 Å². The van der Waals surface area contributed by atoms with Crippen LogP contribution in [0.15, 0.2) is 48.5 Å². The molecule has 0 aliphatic heterocycles. The van der Waals surface area contributed by atoms with Crippen molar-refractivity contribution in [3.05, 3.63) is 59.7 Å². The topological polar surface area (TPSA) is 75.7 Å². The fraction of sp³-hybridized carbons (Fsp3) is 0.381. The number of carbonyl (C=O) groups excluding carboxylic acids is 1. The Balaban J connectivity index is 2.17. The van der Waals surface area contributed by atoms with Crippen LogP contribution in [0.2, 0.25) is 0 Å². The molecular weight excluding hydrogens is 376 g/mol. The number of anilines is 1. The predicted octanol–water partition coefficient (Wildman–Crippen LogP) is 3.43. The molecule has 28 heavy (non-hydrogen) atoms. The highest BCUT2D eigenvalue weighted by atomic mass is 32.2. The van der Waals surface area contributed by atoms with E-state index in [4.69, 9.17) is 4.74 Å². The van der Waals surface area contributed by atoms with Crippen molar-refractivity contribution in [3.63, 3.8) is 0 Å². The van der Waals surface area contributed by atoms with Gasteiger partial charge in [-0.1, -0.05) is 29.8 Å². The number of nitrogens with zero attached hydrogens (tertiary/aromatic N) is 1. The Morgan fingerprint density at radius 3 is 2.14 bits per heavy atom. The van der Waals surface area contributed by atoms with Crippen LogP contribution in [0, 0.1) is 6.92 Å². The standard InChI is InChI=1S/C21H28N2O4S/c1-6-27-20-13-9-18(10-14-20)16(3)22-21(24)17(4)23(28(5,25)26)19-11-7-15(2)8-12-19/h7-14,16-17H,6H2,1-5H3,(H,22,24)/t16-,17+/m0/s1. The lowest BCUT2D eigenvalue weighted by Gasteiger charge is -2.29. The largest absolute Gasteiger partial charge is 0.494 e. The van der Waals surface area contributed by atoms with Crippen molar-refractivity contribution in [2.75, 3.05) is 17.2 Å². The molecule has 0 heterocycles. The summed E-state index contributed by atoms with van der Waals surface area (Å²) in [6.07, 6.45) is 1.10. The van der Waals surface area contributed by atoms with Gasteiger partial charge in [0.15, 0.2) is 0 Å². The molecule has 0 aliphatic rings. The average Bonchev–Trinajstić information content (AvgIpc) is 2.63. The average molecular weight is 405 g/mol. The van der Waals surface area contributed by atoms with Crippen LogP contribution in [0.3, 0.4) is 0 Å². The van der Waals surface area contributed by atoms with Gasteiger partial charge in [-0.15, -0.1) is 0 Å². The number of hydrogen-bond donors (Lipinski definition) is 1. The molecule has 0 saturated heterocycles. The highest BCUT2D eigenvalue weighted by molar-refractivity contribution is 7.92. The first-order valence-electron chi connectivity index (χ1n) is 9.22. The molecule has 0 radical (unpaired) electrons. The normalized spacial score (nSPS) is 13.5. The summed E-state index contributed by atoms with van der Waals surface area (Å²) in [5.74, 6) is 0.396. The van der Waals surface area contributed by atoms with Crippen molar-refractivity contribution in [1.82, 2.24) is 5.32 Å². The SMILES string of the molecule is CCOc1ccc([C@H](C)NC(=O)[C@@H](C)N(c2ccc(C)cc2)S(C)(=O)=O)cc1. The van der Waals surface area contributed by atoms with Gasteiger partial charge in [-0.3, -0.25) is 9.10 Å². The van der Waals surface area contributed by atoms with Gasteiger partial charge in [0.1, 0.15) is 11.8 Å². The molecule has 1 N–H and O–H groups in total. The zero-order valence-corrected chi connectivity index (χ0v) is 17.8. The van der Waals surface area contributed by atoms with Crippen LogP contribution in [0.4, 0.5) is 5.69 Å². The molecule has 7 heteroatoms. The van der Waals surface area contributed by atoms with Crippen molar-refractivity contribution in [3.8, 4) is 5.75 Å². The molecule has 0 aliphatic carbocycles. The molecule has 6 nitrogen and oxygen atoms in total. The summed E-state index contributed by atoms with van der Waals surface area (Å²) in [5.41, 5.74) is 2.38. The van der Waals surface area contributed by atoms with E-state index in [1.54, 1.807) is 19.1 Å². The molecule has 0 aromatic heterocycles. The third-order valence-corrected chi connectivity index (χ3v) is 5.67. The lowest BCUT2D eigenvalue weighted by molar-refractivity contribution is -0.122. The summed E-state index contributed by atoms with van der Waals surface area (Å²) in [4.78, 5) is 12.8. The summed E-state index contributed by atoms with van der Waals surface area (Å²) < 4.78 is 31.3. The highest BCUT2D eigenvalue weighted by Gasteiger charge is 2.29. The zero-order valence-electron chi connectivity index (χ0n) is 17.0. The van der Waals surface area contributed by atoms with Crippen LogP contribution in [0.5, 0.6) is 5.75 Å². The van der Waals surface area contributed by atoms with Crippen LogP contribution in [-0.2, 0) is 14.8 Å². The van der Waals surface area contributed by atoms with Gasteiger partial charge in [0.25, 0.3) is 0 Å². The number of sulfonamides is 1. The Kier molecular flexibility index (Phi) is 7.07. The first-order chi connectivity index (χ1) is 13.1. The molecular formula is C21H28N2O4S. The molecule has 2 aromatic rings. The van der Waals surface area contributed by atoms with E-state index in [1.165, 1.54) is 0 Å². The minimum atomic E-state index is -3.63. The number of amides is 1. The van der Waals surface area contributed by atoms with E-state index < -0.39 is 16.1 Å². The summed E-state index contributed by atoms with van der Waals surface area (Å²) in [7, 11) is -3.63. The van der Waals surface area contributed by atoms with Gasteiger partial charge >= 0.3 is 0 Å². The second kappa shape index (κ2) is 9.10. The van der Waals surface area contributed by atoms with Crippen molar-refractivity contribution in [1.29, 1.82) is 0 Å². The number of ether oxygens (including phenoxy) is 1. The number of benzene rings is 2. The second-order valence-corrected chi connectivity index (χ2v) is 8.66. The predicted molar refractivity (Wildman–Crippen MR) is 112 cm³/mol. The van der Waals surface area contributed by atoms with E-state index in [2.05, 4.69) is 5.32 Å². The number of hydrogen-bond acceptors (Lipinski definition) is 4. The van der Waals surface area contributed by atoms with Crippen LogP contribution in [0.25, 0.3) is 0 Å². The summed E-state index contributed by atoms with van der Waals surface area (Å²) >= 11 is 0. The number of carbonyl (C=O) groups is 1. The summed E-state index contributed by atoms with van der Waals surface area (Å²) in [6.45, 7) is 7.87. The molecule has 1 amide bonds. The van der Waals surface area contributed by atoms with Crippen molar-refractivity contribution in [2.45, 2.75) is 39.8 Å². The molecule has 0 saturated carbocycles. The van der Waals surface area contributed by atoms with Gasteiger partial charge in [-0.05, 0) is 57.5 Å². The van der Waals surface area contributed by atoms with Crippen molar-refractivity contribution in [2.24, 2.45) is 0 Å². The number of aryl methyl sites for hydroxylation is 1. The van der Waals surface area contributed by atoms with Crippen LogP contribution in [-0.4, -0.2) is 33.2 Å². The van der Waals surface area contributed by atoms with E-state index in [9.17, 15) is 13.2 Å². The molecule has 0 unspecified atom stereocenters. The minimum Gasteiger partial charge on any atom is -0.494 e. The number of rotatable bonds is 8. The molecule has 2 aromatic carbocycles. The van der Waals surface area contributed by atoms with Crippen molar-refractivity contribution >= 4 is 21.6 Å². The van der Waals surface area contributed by atoms with E-state index >= 15 is 0 Å². The van der Waals surface area contributed by atoms with Gasteiger partial charge < -0.3 is 10.1 Å². The Morgan fingerprint density at radius 2 is 1.64 bits per heavy atom. The van der Waals surface area contributed by atoms with Gasteiger partial charge in [-0.25, -0.2) is 8.42 Å². The smallest absolute Gasteiger partial charge is 0.244 e. The quantitative estimate of drug-likeness (QED) is 0.731. The van der Waals surface area contributed by atoms with E-state index in [0.717, 1.165) is 27.4 Å². The highest BCUT2D eigenvalue weighted by Crippen LogP contribution is 2.22. The van der Waals surface area contributed by atoms with Gasteiger partial charge in [0.05, 0.1) is 24.6 Å². The Bertz CT molecular complexity index is 893. The monoisotopic (exact) mass is 404 g/mol. The first kappa shape index (κ1) is 21.8. The lowest BCUT2D eigenvalue weighted by atomic mass is 10.1. The second-order valence-electron chi connectivity index (χ2n) is 6.80. The summed E-state index contributed by atoms with van der Waals surface area (Å²) in [5, 5.41) is 2.90. The zero-order chi connectivity index (χ0) is 20.9. The third-order valence-electron chi connectivity index (χ3n) is 4.43. The maximum Gasteiger partial charge on any atom is 0.244 e. The molecule has 2 rings (SSSR count). The summed E-state index contributed by atoms with van der Waals surface area (Å²) in [6, 6.07) is 13.4. The maximum absolute atomic E-state index is 12.8. The Labute approximate surface area is 167 Å². The first-order valence-corrected chi connectivity index (χ1v) is 11.1. The van der Waals surface area contributed by atoms with E-state index in [1.807, 2.05) is 57.2 Å². The lowest BCUT2D eigenvalue weighted by Crippen LogP contribution is -2.48. The number of nitrogens with one attached hydrogen (secondary N) is 1. The molecule has 2 atom stereocenters. The Hall–Kier alpha value is -2.54. The maximum atomic E-state index is 12.8. The molecule has 0 bridgehead atoms. The fourth-order valence-corrected chi connectivity index (χ4v) is 4.11. The fourth-order valence-electron chi connectivity index (χ4n) is 2.94. The minimum absolute atomic E-state index is 0.273. The van der Waals surface area contributed by atoms with Crippen LogP contribution >= 0.6 is 0 Å². The van der Waals surface area contributed by atoms with Crippen LogP contribution in [0.1, 0.15) is 37.9 Å². The molecule has 152 valence electrons. The Morgan fingerprint density at radius 1 is 1.07 bits per heavy atom. The van der Waals surface area contributed by atoms with E-state index in [-0.39, 0.29) is 11.9 Å². The molecule has 0 spiro atoms.